The lowest BCUT2D eigenvalue weighted by molar-refractivity contribution is 0.102. The van der Waals surface area contributed by atoms with Crippen molar-refractivity contribution >= 4 is 33.0 Å². The Hall–Kier alpha value is -3.42. The minimum absolute atomic E-state index is 0.0900. The van der Waals surface area contributed by atoms with E-state index in [4.69, 9.17) is 0 Å². The fraction of sp³-hybridized carbons (Fsp3) is 0.0455. The highest BCUT2D eigenvalue weighted by atomic mass is 32.2. The molecule has 0 radical (unpaired) electrons. The Bertz CT molecular complexity index is 1080. The maximum absolute atomic E-state index is 12.4. The topological polar surface area (TPSA) is 87.3 Å². The number of carbonyl (C=O) groups excluding carboxylic acids is 1. The van der Waals surface area contributed by atoms with Crippen LogP contribution in [0, 0.1) is 0 Å². The predicted octanol–water partition coefficient (Wildman–Crippen LogP) is 4.15. The monoisotopic (exact) mass is 407 g/mol. The smallest absolute Gasteiger partial charge is 0.255 e. The van der Waals surface area contributed by atoms with Gasteiger partial charge in [-0.2, -0.15) is 0 Å². The van der Waals surface area contributed by atoms with Crippen molar-refractivity contribution in [2.24, 2.45) is 0 Å². The average Bonchev–Trinajstić information content (AvgIpc) is 2.74. The van der Waals surface area contributed by atoms with E-state index in [2.05, 4.69) is 21.9 Å². The molecule has 0 aliphatic heterocycles. The van der Waals surface area contributed by atoms with Gasteiger partial charge in [0.15, 0.2) is 0 Å². The Morgan fingerprint density at radius 2 is 1.41 bits per heavy atom. The molecular formula is C22H21N3O3S. The van der Waals surface area contributed by atoms with Crippen LogP contribution in [-0.4, -0.2) is 20.9 Å². The molecule has 0 aromatic heterocycles. The molecule has 0 unspecified atom stereocenters. The number of hydrogen-bond acceptors (Lipinski definition) is 4. The fourth-order valence-electron chi connectivity index (χ4n) is 2.57. The van der Waals surface area contributed by atoms with Crippen molar-refractivity contribution in [2.75, 3.05) is 17.2 Å². The number of hydrogen-bond donors (Lipinski definition) is 3. The molecule has 3 rings (SSSR count). The molecule has 148 valence electrons. The number of carbonyl (C=O) groups is 1. The Kier molecular flexibility index (Phi) is 6.43. The maximum Gasteiger partial charge on any atom is 0.255 e. The maximum atomic E-state index is 12.4. The van der Waals surface area contributed by atoms with Crippen molar-refractivity contribution in [3.63, 3.8) is 0 Å². The molecule has 3 N–H and O–H groups in total. The van der Waals surface area contributed by atoms with E-state index in [0.29, 0.717) is 11.3 Å². The molecule has 0 atom stereocenters. The second-order valence-corrected chi connectivity index (χ2v) is 7.95. The molecule has 7 heteroatoms. The quantitative estimate of drug-likeness (QED) is 0.490. The van der Waals surface area contributed by atoms with E-state index in [1.54, 1.807) is 12.1 Å². The summed E-state index contributed by atoms with van der Waals surface area (Å²) in [5.41, 5.74) is 2.87. The van der Waals surface area contributed by atoms with E-state index in [1.165, 1.54) is 30.3 Å². The van der Waals surface area contributed by atoms with Gasteiger partial charge in [0.1, 0.15) is 0 Å². The van der Waals surface area contributed by atoms with Crippen molar-refractivity contribution in [1.82, 2.24) is 4.72 Å². The molecule has 3 aromatic carbocycles. The highest BCUT2D eigenvalue weighted by Gasteiger charge is 2.14. The fourth-order valence-corrected chi connectivity index (χ4v) is 3.56. The van der Waals surface area contributed by atoms with Gasteiger partial charge in [-0.15, -0.1) is 6.58 Å². The lowest BCUT2D eigenvalue weighted by Crippen LogP contribution is -2.23. The van der Waals surface area contributed by atoms with Gasteiger partial charge < -0.3 is 10.6 Å². The number of benzene rings is 3. The summed E-state index contributed by atoms with van der Waals surface area (Å²) in [6.45, 7) is 3.62. The molecule has 0 fully saturated rings. The van der Waals surface area contributed by atoms with Gasteiger partial charge in [-0.25, -0.2) is 13.1 Å². The van der Waals surface area contributed by atoms with Gasteiger partial charge in [-0.3, -0.25) is 4.79 Å². The van der Waals surface area contributed by atoms with E-state index in [1.807, 2.05) is 42.5 Å². The summed E-state index contributed by atoms with van der Waals surface area (Å²) in [6, 6.07) is 22.8. The van der Waals surface area contributed by atoms with Gasteiger partial charge in [-0.1, -0.05) is 24.3 Å². The average molecular weight is 407 g/mol. The van der Waals surface area contributed by atoms with E-state index in [9.17, 15) is 13.2 Å². The Morgan fingerprint density at radius 3 is 2.03 bits per heavy atom. The third kappa shape index (κ3) is 5.54. The molecule has 6 nitrogen and oxygen atoms in total. The Balaban J connectivity index is 1.63. The summed E-state index contributed by atoms with van der Waals surface area (Å²) in [5.74, 6) is -0.322. The number of sulfonamides is 1. The SMILES string of the molecule is C=CCNS(=O)(=O)c1ccc(C(=O)Nc2ccc(Nc3ccccc3)cc2)cc1. The van der Waals surface area contributed by atoms with Crippen LogP contribution in [0.5, 0.6) is 0 Å². The van der Waals surface area contributed by atoms with Crippen LogP contribution in [0.1, 0.15) is 10.4 Å². The normalized spacial score (nSPS) is 10.9. The highest BCUT2D eigenvalue weighted by molar-refractivity contribution is 7.89. The number of para-hydroxylation sites is 1. The summed E-state index contributed by atoms with van der Waals surface area (Å²) in [6.07, 6.45) is 1.46. The van der Waals surface area contributed by atoms with E-state index < -0.39 is 10.0 Å². The zero-order valence-electron chi connectivity index (χ0n) is 15.6. The van der Waals surface area contributed by atoms with Gasteiger partial charge in [0.25, 0.3) is 5.91 Å². The molecule has 0 aliphatic carbocycles. The van der Waals surface area contributed by atoms with Gasteiger partial charge in [-0.05, 0) is 60.7 Å². The summed E-state index contributed by atoms with van der Waals surface area (Å²) in [5, 5.41) is 6.07. The van der Waals surface area contributed by atoms with E-state index in [-0.39, 0.29) is 17.3 Å². The number of amides is 1. The van der Waals surface area contributed by atoms with Crippen LogP contribution in [0.4, 0.5) is 17.1 Å². The zero-order valence-corrected chi connectivity index (χ0v) is 16.4. The van der Waals surface area contributed by atoms with Crippen molar-refractivity contribution < 1.29 is 13.2 Å². The minimum atomic E-state index is -3.61. The van der Waals surface area contributed by atoms with Crippen molar-refractivity contribution in [1.29, 1.82) is 0 Å². The molecule has 1 amide bonds. The standard InChI is InChI=1S/C22H21N3O3S/c1-2-16-23-29(27,28)21-14-8-17(9-15-21)22(26)25-20-12-10-19(11-13-20)24-18-6-4-3-5-7-18/h2-15,23-24H,1,16H2,(H,25,26). The first kappa shape index (κ1) is 20.3. The first-order valence-electron chi connectivity index (χ1n) is 8.92. The van der Waals surface area contributed by atoms with Crippen LogP contribution in [0.15, 0.2) is 96.4 Å². The largest absolute Gasteiger partial charge is 0.356 e. The molecule has 0 heterocycles. The summed E-state index contributed by atoms with van der Waals surface area (Å²) >= 11 is 0. The number of anilines is 3. The lowest BCUT2D eigenvalue weighted by Gasteiger charge is -2.09. The molecule has 0 saturated heterocycles. The van der Waals surface area contributed by atoms with Crippen molar-refractivity contribution in [3.8, 4) is 0 Å². The zero-order chi connectivity index (χ0) is 20.7. The highest BCUT2D eigenvalue weighted by Crippen LogP contribution is 2.19. The molecule has 3 aromatic rings. The molecule has 0 saturated carbocycles. The van der Waals surface area contributed by atoms with Gasteiger partial charge in [0.05, 0.1) is 4.90 Å². The second-order valence-electron chi connectivity index (χ2n) is 6.19. The Morgan fingerprint density at radius 1 is 0.828 bits per heavy atom. The van der Waals surface area contributed by atoms with Crippen LogP contribution >= 0.6 is 0 Å². The molecule has 0 spiro atoms. The molecule has 0 bridgehead atoms. The number of rotatable bonds is 8. The number of nitrogens with one attached hydrogen (secondary N) is 3. The van der Waals surface area contributed by atoms with E-state index in [0.717, 1.165) is 11.4 Å². The first-order valence-corrected chi connectivity index (χ1v) is 10.4. The molecule has 0 aliphatic rings. The Labute approximate surface area is 170 Å². The van der Waals surface area contributed by atoms with E-state index >= 15 is 0 Å². The van der Waals surface area contributed by atoms with Gasteiger partial charge in [0.2, 0.25) is 10.0 Å². The van der Waals surface area contributed by atoms with Crippen LogP contribution < -0.4 is 15.4 Å². The molecular weight excluding hydrogens is 386 g/mol. The van der Waals surface area contributed by atoms with Crippen molar-refractivity contribution in [2.45, 2.75) is 4.90 Å². The summed E-state index contributed by atoms with van der Waals surface area (Å²) < 4.78 is 26.5. The van der Waals surface area contributed by atoms with Crippen LogP contribution in [0.2, 0.25) is 0 Å². The first-order chi connectivity index (χ1) is 14.0. The lowest BCUT2D eigenvalue weighted by atomic mass is 10.2. The third-order valence-electron chi connectivity index (χ3n) is 4.05. The third-order valence-corrected chi connectivity index (χ3v) is 5.49. The second kappa shape index (κ2) is 9.18. The molecule has 29 heavy (non-hydrogen) atoms. The summed E-state index contributed by atoms with van der Waals surface area (Å²) in [7, 11) is -3.61. The van der Waals surface area contributed by atoms with Gasteiger partial charge >= 0.3 is 0 Å². The summed E-state index contributed by atoms with van der Waals surface area (Å²) in [4.78, 5) is 12.5. The van der Waals surface area contributed by atoms with Crippen molar-refractivity contribution in [3.05, 3.63) is 97.1 Å². The predicted molar refractivity (Wildman–Crippen MR) is 116 cm³/mol. The van der Waals surface area contributed by atoms with Gasteiger partial charge in [0, 0.05) is 29.2 Å². The van der Waals surface area contributed by atoms with Crippen LogP contribution in [0.3, 0.4) is 0 Å². The van der Waals surface area contributed by atoms with Crippen LogP contribution in [-0.2, 0) is 10.0 Å². The minimum Gasteiger partial charge on any atom is -0.356 e. The van der Waals surface area contributed by atoms with Crippen LogP contribution in [0.25, 0.3) is 0 Å².